The van der Waals surface area contributed by atoms with E-state index in [1.54, 1.807) is 7.11 Å². The maximum Gasteiger partial charge on any atom is 0.408 e. The molecule has 1 aliphatic heterocycles. The van der Waals surface area contributed by atoms with Crippen molar-refractivity contribution in [3.8, 4) is 0 Å². The van der Waals surface area contributed by atoms with Gasteiger partial charge in [-0.05, 0) is 40.0 Å². The molecule has 2 aliphatic rings. The predicted octanol–water partition coefficient (Wildman–Crippen LogP) is 1.81. The summed E-state index contributed by atoms with van der Waals surface area (Å²) in [6.45, 7) is 7.37. The lowest BCUT2D eigenvalue weighted by Crippen LogP contribution is -2.67. The predicted molar refractivity (Wildman–Crippen MR) is 73.2 cm³/mol. The summed E-state index contributed by atoms with van der Waals surface area (Å²) in [5, 5.41) is 6.32. The van der Waals surface area contributed by atoms with Gasteiger partial charge in [0.25, 0.3) is 0 Å². The van der Waals surface area contributed by atoms with Crippen molar-refractivity contribution in [3.63, 3.8) is 0 Å². The molecule has 0 aromatic rings. The van der Waals surface area contributed by atoms with E-state index >= 15 is 0 Å². The number of alkyl carbamates (subject to hydrolysis) is 1. The second-order valence-corrected chi connectivity index (χ2v) is 6.93. The van der Waals surface area contributed by atoms with Gasteiger partial charge in [0.15, 0.2) is 0 Å². The molecule has 2 rings (SSSR count). The Balaban J connectivity index is 1.93. The zero-order chi connectivity index (χ0) is 14.1. The molecule has 0 bridgehead atoms. The zero-order valence-corrected chi connectivity index (χ0v) is 12.5. The highest BCUT2D eigenvalue weighted by Gasteiger charge is 2.49. The largest absolute Gasteiger partial charge is 0.444 e. The van der Waals surface area contributed by atoms with Gasteiger partial charge in [-0.1, -0.05) is 0 Å². The second kappa shape index (κ2) is 4.94. The fourth-order valence-electron chi connectivity index (χ4n) is 2.83. The molecule has 1 saturated carbocycles. The monoisotopic (exact) mass is 270 g/mol. The van der Waals surface area contributed by atoms with Crippen molar-refractivity contribution in [3.05, 3.63) is 0 Å². The lowest BCUT2D eigenvalue weighted by Gasteiger charge is -2.51. The number of nitrogens with one attached hydrogen (secondary N) is 2. The molecule has 0 aromatic carbocycles. The number of rotatable bonds is 4. The van der Waals surface area contributed by atoms with Crippen LogP contribution >= 0.6 is 0 Å². The van der Waals surface area contributed by atoms with Crippen molar-refractivity contribution in [1.29, 1.82) is 0 Å². The first-order valence-electron chi connectivity index (χ1n) is 7.05. The Kier molecular flexibility index (Phi) is 3.80. The summed E-state index contributed by atoms with van der Waals surface area (Å²) >= 11 is 0. The van der Waals surface area contributed by atoms with Gasteiger partial charge >= 0.3 is 6.09 Å². The number of hydrogen-bond donors (Lipinski definition) is 2. The first-order chi connectivity index (χ1) is 8.78. The highest BCUT2D eigenvalue weighted by molar-refractivity contribution is 5.69. The van der Waals surface area contributed by atoms with Gasteiger partial charge in [-0.25, -0.2) is 4.79 Å². The van der Waals surface area contributed by atoms with Crippen molar-refractivity contribution >= 4 is 6.09 Å². The van der Waals surface area contributed by atoms with E-state index in [1.165, 1.54) is 0 Å². The Bertz CT molecular complexity index is 336. The third kappa shape index (κ3) is 3.39. The van der Waals surface area contributed by atoms with Crippen LogP contribution in [0.2, 0.25) is 0 Å². The van der Waals surface area contributed by atoms with Crippen molar-refractivity contribution in [2.75, 3.05) is 20.2 Å². The van der Waals surface area contributed by atoms with Crippen LogP contribution in [-0.2, 0) is 9.47 Å². The summed E-state index contributed by atoms with van der Waals surface area (Å²) < 4.78 is 11.0. The number of ether oxygens (including phenoxy) is 2. The SMILES string of the molecule is COC1(CC2(NC(=O)OC(C)(C)C)CCC2)CNC1. The second-order valence-electron chi connectivity index (χ2n) is 6.93. The number of hydrogen-bond acceptors (Lipinski definition) is 4. The van der Waals surface area contributed by atoms with E-state index in [-0.39, 0.29) is 17.2 Å². The van der Waals surface area contributed by atoms with Crippen molar-refractivity contribution in [1.82, 2.24) is 10.6 Å². The van der Waals surface area contributed by atoms with E-state index in [0.29, 0.717) is 0 Å². The molecule has 1 aliphatic carbocycles. The molecule has 5 nitrogen and oxygen atoms in total. The highest BCUT2D eigenvalue weighted by Crippen LogP contribution is 2.40. The Morgan fingerprint density at radius 2 is 1.95 bits per heavy atom. The topological polar surface area (TPSA) is 59.6 Å². The third-order valence-corrected chi connectivity index (χ3v) is 4.06. The van der Waals surface area contributed by atoms with Crippen LogP contribution in [0.5, 0.6) is 0 Å². The average molecular weight is 270 g/mol. The molecule has 0 atom stereocenters. The molecule has 1 amide bonds. The van der Waals surface area contributed by atoms with Crippen LogP contribution in [0.1, 0.15) is 46.5 Å². The quantitative estimate of drug-likeness (QED) is 0.818. The normalized spacial score (nSPS) is 24.0. The third-order valence-electron chi connectivity index (χ3n) is 4.06. The molecule has 0 aromatic heterocycles. The van der Waals surface area contributed by atoms with Crippen LogP contribution < -0.4 is 10.6 Å². The van der Waals surface area contributed by atoms with Crippen LogP contribution in [0, 0.1) is 0 Å². The van der Waals surface area contributed by atoms with E-state index in [4.69, 9.17) is 9.47 Å². The lowest BCUT2D eigenvalue weighted by atomic mass is 9.68. The molecular weight excluding hydrogens is 244 g/mol. The minimum atomic E-state index is -0.452. The highest BCUT2D eigenvalue weighted by atomic mass is 16.6. The lowest BCUT2D eigenvalue weighted by molar-refractivity contribution is -0.0857. The Morgan fingerprint density at radius 1 is 1.32 bits per heavy atom. The Morgan fingerprint density at radius 3 is 2.26 bits per heavy atom. The Hall–Kier alpha value is -0.810. The number of carbonyl (C=O) groups is 1. The molecule has 0 unspecified atom stereocenters. The van der Waals surface area contributed by atoms with E-state index in [9.17, 15) is 4.79 Å². The summed E-state index contributed by atoms with van der Waals surface area (Å²) in [7, 11) is 1.75. The first-order valence-corrected chi connectivity index (χ1v) is 7.05. The van der Waals surface area contributed by atoms with Gasteiger partial charge in [-0.15, -0.1) is 0 Å². The summed E-state index contributed by atoms with van der Waals surface area (Å²) in [6.07, 6.45) is 3.73. The molecular formula is C14H26N2O3. The molecule has 1 saturated heterocycles. The van der Waals surface area contributed by atoms with Crippen LogP contribution in [0.25, 0.3) is 0 Å². The molecule has 1 heterocycles. The fourth-order valence-corrected chi connectivity index (χ4v) is 2.83. The van der Waals surface area contributed by atoms with Gasteiger partial charge in [-0.2, -0.15) is 0 Å². The molecule has 19 heavy (non-hydrogen) atoms. The molecule has 5 heteroatoms. The molecule has 2 N–H and O–H groups in total. The summed E-state index contributed by atoms with van der Waals surface area (Å²) in [5.74, 6) is 0. The summed E-state index contributed by atoms with van der Waals surface area (Å²) in [6, 6.07) is 0. The van der Waals surface area contributed by atoms with Gasteiger partial charge in [0.2, 0.25) is 0 Å². The summed E-state index contributed by atoms with van der Waals surface area (Å²) in [5.41, 5.74) is -0.706. The van der Waals surface area contributed by atoms with E-state index in [2.05, 4.69) is 10.6 Å². The van der Waals surface area contributed by atoms with Crippen LogP contribution in [-0.4, -0.2) is 43.0 Å². The Labute approximate surface area is 115 Å². The van der Waals surface area contributed by atoms with Gasteiger partial charge in [0.1, 0.15) is 5.60 Å². The van der Waals surface area contributed by atoms with Gasteiger partial charge in [0.05, 0.1) is 5.60 Å². The van der Waals surface area contributed by atoms with E-state index < -0.39 is 5.60 Å². The maximum absolute atomic E-state index is 12.0. The zero-order valence-electron chi connectivity index (χ0n) is 12.5. The van der Waals surface area contributed by atoms with E-state index in [1.807, 2.05) is 20.8 Å². The molecule has 2 fully saturated rings. The minimum Gasteiger partial charge on any atom is -0.444 e. The van der Waals surface area contributed by atoms with Crippen LogP contribution in [0.3, 0.4) is 0 Å². The van der Waals surface area contributed by atoms with Crippen molar-refractivity contribution in [2.45, 2.75) is 63.2 Å². The summed E-state index contributed by atoms with van der Waals surface area (Å²) in [4.78, 5) is 12.0. The minimum absolute atomic E-state index is 0.116. The van der Waals surface area contributed by atoms with E-state index in [0.717, 1.165) is 38.8 Å². The van der Waals surface area contributed by atoms with Crippen LogP contribution in [0.15, 0.2) is 0 Å². The molecule has 0 radical (unpaired) electrons. The van der Waals surface area contributed by atoms with Crippen molar-refractivity contribution < 1.29 is 14.3 Å². The molecule has 0 spiro atoms. The van der Waals surface area contributed by atoms with Crippen molar-refractivity contribution in [2.24, 2.45) is 0 Å². The molecule has 110 valence electrons. The number of amides is 1. The van der Waals surface area contributed by atoms with Gasteiger partial charge in [-0.3, -0.25) is 0 Å². The number of methoxy groups -OCH3 is 1. The standard InChI is InChI=1S/C14H26N2O3/c1-12(2,3)19-11(17)16-13(6-5-7-13)8-14(18-4)9-15-10-14/h15H,5-10H2,1-4H3,(H,16,17). The first kappa shape index (κ1) is 14.6. The number of carbonyl (C=O) groups excluding carboxylic acids is 1. The fraction of sp³-hybridized carbons (Fsp3) is 0.929. The smallest absolute Gasteiger partial charge is 0.408 e. The maximum atomic E-state index is 12.0. The van der Waals surface area contributed by atoms with Gasteiger partial charge < -0.3 is 20.1 Å². The average Bonchev–Trinajstić information content (AvgIpc) is 2.16. The van der Waals surface area contributed by atoms with Gasteiger partial charge in [0, 0.05) is 32.2 Å². The van der Waals surface area contributed by atoms with Crippen LogP contribution in [0.4, 0.5) is 4.79 Å².